The van der Waals surface area contributed by atoms with Crippen molar-refractivity contribution in [1.29, 1.82) is 0 Å². The van der Waals surface area contributed by atoms with Gasteiger partial charge in [-0.05, 0) is 42.8 Å². The molecule has 0 unspecified atom stereocenters. The lowest BCUT2D eigenvalue weighted by Crippen LogP contribution is -2.17. The van der Waals surface area contributed by atoms with E-state index in [4.69, 9.17) is 43.8 Å². The van der Waals surface area contributed by atoms with E-state index in [0.717, 1.165) is 0 Å². The van der Waals surface area contributed by atoms with Gasteiger partial charge in [0, 0.05) is 5.56 Å². The fourth-order valence-corrected chi connectivity index (χ4v) is 2.84. The van der Waals surface area contributed by atoms with Crippen molar-refractivity contribution in [2.75, 3.05) is 20.3 Å². The average Bonchev–Trinajstić information content (AvgIpc) is 2.67. The number of benzene rings is 2. The molecular formula is C20H18Cl2N2O4. The van der Waals surface area contributed by atoms with Crippen molar-refractivity contribution in [3.8, 4) is 29.6 Å². The number of hydrogen-bond donors (Lipinski definition) is 1. The van der Waals surface area contributed by atoms with Crippen LogP contribution in [0.15, 0.2) is 35.4 Å². The number of nitrogens with zero attached hydrogens (tertiary/aromatic N) is 1. The first-order chi connectivity index (χ1) is 13.5. The number of amides is 1. The van der Waals surface area contributed by atoms with E-state index in [0.29, 0.717) is 35.0 Å². The highest BCUT2D eigenvalue weighted by molar-refractivity contribution is 6.37. The Labute approximate surface area is 173 Å². The monoisotopic (exact) mass is 420 g/mol. The zero-order valence-corrected chi connectivity index (χ0v) is 16.8. The Morgan fingerprint density at radius 3 is 2.54 bits per heavy atom. The molecule has 0 aromatic heterocycles. The van der Waals surface area contributed by atoms with E-state index in [1.807, 2.05) is 6.92 Å². The minimum Gasteiger partial charge on any atom is -0.493 e. The summed E-state index contributed by atoms with van der Waals surface area (Å²) in [5, 5.41) is 4.49. The number of rotatable bonds is 8. The Morgan fingerprint density at radius 2 is 1.93 bits per heavy atom. The van der Waals surface area contributed by atoms with Crippen molar-refractivity contribution in [2.24, 2.45) is 5.10 Å². The lowest BCUT2D eigenvalue weighted by molar-refractivity contribution is 0.0954. The molecular weight excluding hydrogens is 403 g/mol. The van der Waals surface area contributed by atoms with Gasteiger partial charge >= 0.3 is 0 Å². The van der Waals surface area contributed by atoms with Crippen molar-refractivity contribution >= 4 is 35.3 Å². The van der Waals surface area contributed by atoms with Gasteiger partial charge in [-0.25, -0.2) is 5.43 Å². The highest BCUT2D eigenvalue weighted by Crippen LogP contribution is 2.33. The van der Waals surface area contributed by atoms with Crippen LogP contribution >= 0.6 is 23.2 Å². The van der Waals surface area contributed by atoms with Crippen molar-refractivity contribution in [3.05, 3.63) is 51.5 Å². The number of methoxy groups -OCH3 is 1. The summed E-state index contributed by atoms with van der Waals surface area (Å²) in [6, 6.07) is 8.03. The van der Waals surface area contributed by atoms with Gasteiger partial charge in [-0.2, -0.15) is 5.10 Å². The second-order valence-corrected chi connectivity index (χ2v) is 6.12. The topological polar surface area (TPSA) is 69.2 Å². The van der Waals surface area contributed by atoms with Crippen LogP contribution in [-0.2, 0) is 0 Å². The number of halogens is 2. The maximum atomic E-state index is 12.3. The Balaban J connectivity index is 2.09. The molecule has 0 saturated carbocycles. The largest absolute Gasteiger partial charge is 0.493 e. The van der Waals surface area contributed by atoms with Gasteiger partial charge in [-0.15, -0.1) is 6.42 Å². The molecule has 0 aliphatic heterocycles. The number of hydrazone groups is 1. The number of terminal acetylenes is 1. The average molecular weight is 421 g/mol. The van der Waals surface area contributed by atoms with Gasteiger partial charge in [-0.1, -0.05) is 29.1 Å². The molecule has 146 valence electrons. The summed E-state index contributed by atoms with van der Waals surface area (Å²) in [5.74, 6) is 3.24. The van der Waals surface area contributed by atoms with Crippen LogP contribution in [0, 0.1) is 12.3 Å². The molecule has 28 heavy (non-hydrogen) atoms. The predicted molar refractivity (Wildman–Crippen MR) is 110 cm³/mol. The lowest BCUT2D eigenvalue weighted by Gasteiger charge is -2.10. The van der Waals surface area contributed by atoms with E-state index in [9.17, 15) is 4.79 Å². The first-order valence-electron chi connectivity index (χ1n) is 8.19. The van der Waals surface area contributed by atoms with Crippen molar-refractivity contribution in [1.82, 2.24) is 5.43 Å². The fraction of sp³-hybridized carbons (Fsp3) is 0.200. The van der Waals surface area contributed by atoms with Gasteiger partial charge in [-0.3, -0.25) is 4.79 Å². The molecule has 0 bridgehead atoms. The number of carbonyl (C=O) groups is 1. The second kappa shape index (κ2) is 10.5. The minimum absolute atomic E-state index is 0.0501. The van der Waals surface area contributed by atoms with E-state index in [1.54, 1.807) is 30.3 Å². The maximum absolute atomic E-state index is 12.3. The van der Waals surface area contributed by atoms with Crippen molar-refractivity contribution in [2.45, 2.75) is 6.92 Å². The van der Waals surface area contributed by atoms with Gasteiger partial charge in [0.1, 0.15) is 6.61 Å². The van der Waals surface area contributed by atoms with Crippen molar-refractivity contribution < 1.29 is 19.0 Å². The molecule has 0 spiro atoms. The summed E-state index contributed by atoms with van der Waals surface area (Å²) in [7, 11) is 1.53. The van der Waals surface area contributed by atoms with Crippen molar-refractivity contribution in [3.63, 3.8) is 0 Å². The van der Waals surface area contributed by atoms with Crippen LogP contribution < -0.4 is 19.6 Å². The highest BCUT2D eigenvalue weighted by atomic mass is 35.5. The van der Waals surface area contributed by atoms with Gasteiger partial charge in [0.15, 0.2) is 17.2 Å². The molecule has 0 saturated heterocycles. The number of carbonyl (C=O) groups excluding carboxylic acids is 1. The van der Waals surface area contributed by atoms with Crippen LogP contribution in [0.25, 0.3) is 0 Å². The third kappa shape index (κ3) is 5.56. The first-order valence-corrected chi connectivity index (χ1v) is 8.95. The van der Waals surface area contributed by atoms with E-state index >= 15 is 0 Å². The second-order valence-electron chi connectivity index (χ2n) is 5.30. The summed E-state index contributed by atoms with van der Waals surface area (Å²) < 4.78 is 15.9. The number of ether oxygens (including phenoxy) is 3. The van der Waals surface area contributed by atoms with E-state index < -0.39 is 5.91 Å². The lowest BCUT2D eigenvalue weighted by atomic mass is 10.2. The first kappa shape index (κ1) is 21.4. The minimum atomic E-state index is -0.411. The van der Waals surface area contributed by atoms with Gasteiger partial charge in [0.25, 0.3) is 5.91 Å². The SMILES string of the molecule is C#CCOc1c(Cl)cc(/C=N/NC(=O)c2ccc(OC)c(OCC)c2)cc1Cl. The number of nitrogens with one attached hydrogen (secondary N) is 1. The third-order valence-electron chi connectivity index (χ3n) is 3.43. The molecule has 1 N–H and O–H groups in total. The van der Waals surface area contributed by atoms with Gasteiger partial charge < -0.3 is 14.2 Å². The van der Waals surface area contributed by atoms with E-state index in [2.05, 4.69) is 16.4 Å². The quantitative estimate of drug-likeness (QED) is 0.395. The summed E-state index contributed by atoms with van der Waals surface area (Å²) in [6.45, 7) is 2.34. The fourth-order valence-electron chi connectivity index (χ4n) is 2.22. The van der Waals surface area contributed by atoms with E-state index in [-0.39, 0.29) is 16.7 Å². The molecule has 2 aromatic rings. The van der Waals surface area contributed by atoms with Crippen LogP contribution in [-0.4, -0.2) is 32.4 Å². The van der Waals surface area contributed by atoms with Gasteiger partial charge in [0.05, 0.1) is 30.0 Å². The Kier molecular flexibility index (Phi) is 8.00. The third-order valence-corrected chi connectivity index (χ3v) is 3.99. The predicted octanol–water partition coefficient (Wildman–Crippen LogP) is 4.18. The molecule has 6 nitrogen and oxygen atoms in total. The molecule has 2 rings (SSSR count). The Hall–Kier alpha value is -2.88. The van der Waals surface area contributed by atoms with Crippen LogP contribution in [0.5, 0.6) is 17.2 Å². The normalized spacial score (nSPS) is 10.4. The smallest absolute Gasteiger partial charge is 0.271 e. The molecule has 0 fully saturated rings. The van der Waals surface area contributed by atoms with Crippen LogP contribution in [0.4, 0.5) is 0 Å². The molecule has 0 heterocycles. The molecule has 0 radical (unpaired) electrons. The molecule has 0 aliphatic carbocycles. The molecule has 0 atom stereocenters. The summed E-state index contributed by atoms with van der Waals surface area (Å²) in [6.07, 6.45) is 6.56. The summed E-state index contributed by atoms with van der Waals surface area (Å²) in [5.41, 5.74) is 3.38. The van der Waals surface area contributed by atoms with Gasteiger partial charge in [0.2, 0.25) is 0 Å². The zero-order chi connectivity index (χ0) is 20.5. The summed E-state index contributed by atoms with van der Waals surface area (Å²) >= 11 is 12.3. The molecule has 1 amide bonds. The summed E-state index contributed by atoms with van der Waals surface area (Å²) in [4.78, 5) is 12.3. The molecule has 2 aromatic carbocycles. The van der Waals surface area contributed by atoms with Crippen LogP contribution in [0.1, 0.15) is 22.8 Å². The number of hydrogen-bond acceptors (Lipinski definition) is 5. The van der Waals surface area contributed by atoms with E-state index in [1.165, 1.54) is 13.3 Å². The zero-order valence-electron chi connectivity index (χ0n) is 15.3. The molecule has 8 heteroatoms. The van der Waals surface area contributed by atoms with Crippen LogP contribution in [0.2, 0.25) is 10.0 Å². The maximum Gasteiger partial charge on any atom is 0.271 e. The molecule has 0 aliphatic rings. The standard InChI is InChI=1S/C20H18Cl2N2O4/c1-4-8-28-19-15(21)9-13(10-16(19)22)12-23-24-20(25)14-6-7-17(26-3)18(11-14)27-5-2/h1,6-7,9-12H,5,8H2,2-3H3,(H,24,25)/b23-12+. The van der Waals surface area contributed by atoms with Crippen LogP contribution in [0.3, 0.4) is 0 Å². The Bertz CT molecular complexity index is 900. The highest BCUT2D eigenvalue weighted by Gasteiger charge is 2.11. The Morgan fingerprint density at radius 1 is 1.21 bits per heavy atom.